The van der Waals surface area contributed by atoms with Crippen molar-refractivity contribution in [3.05, 3.63) is 74.0 Å². The fraction of sp³-hybridized carbons (Fsp3) is 0.286. The molecule has 0 aliphatic carbocycles. The zero-order valence-corrected chi connectivity index (χ0v) is 18.1. The van der Waals surface area contributed by atoms with Gasteiger partial charge in [0, 0.05) is 34.6 Å². The van der Waals surface area contributed by atoms with E-state index in [-0.39, 0.29) is 30.2 Å². The van der Waals surface area contributed by atoms with Crippen LogP contribution in [0.1, 0.15) is 22.3 Å². The average Bonchev–Trinajstić information content (AvgIpc) is 2.64. The molecule has 8 heteroatoms. The summed E-state index contributed by atoms with van der Waals surface area (Å²) in [4.78, 5) is 15.5. The van der Waals surface area contributed by atoms with Crippen molar-refractivity contribution in [3.63, 3.8) is 0 Å². The van der Waals surface area contributed by atoms with Crippen LogP contribution in [0, 0.1) is 20.8 Å². The molecular weight excluding hydrogens is 412 g/mol. The highest BCUT2D eigenvalue weighted by atomic mass is 35.5. The second kappa shape index (κ2) is 8.28. The number of fused-ring (bicyclic) bond motifs is 1. The summed E-state index contributed by atoms with van der Waals surface area (Å²) in [5.74, 6) is 0. The first-order valence-electron chi connectivity index (χ1n) is 9.14. The highest BCUT2D eigenvalue weighted by molar-refractivity contribution is 7.89. The fourth-order valence-electron chi connectivity index (χ4n) is 3.41. The van der Waals surface area contributed by atoms with Gasteiger partial charge in [0.2, 0.25) is 10.0 Å². The van der Waals surface area contributed by atoms with Crippen molar-refractivity contribution in [2.24, 2.45) is 0 Å². The molecule has 0 aliphatic rings. The molecule has 3 rings (SSSR count). The minimum atomic E-state index is -3.97. The molecule has 1 aromatic heterocycles. The van der Waals surface area contributed by atoms with Gasteiger partial charge in [-0.3, -0.25) is 4.79 Å². The van der Waals surface area contributed by atoms with Gasteiger partial charge in [-0.2, -0.15) is 4.31 Å². The number of halogens is 1. The van der Waals surface area contributed by atoms with E-state index in [2.05, 4.69) is 4.98 Å². The minimum Gasteiger partial charge on any atom is -0.395 e. The second-order valence-electron chi connectivity index (χ2n) is 7.14. The first-order valence-corrected chi connectivity index (χ1v) is 11.0. The zero-order chi connectivity index (χ0) is 21.3. The lowest BCUT2D eigenvalue weighted by Crippen LogP contribution is -2.35. The number of sulfonamides is 1. The van der Waals surface area contributed by atoms with Crippen molar-refractivity contribution in [3.8, 4) is 0 Å². The molecule has 154 valence electrons. The molecule has 2 N–H and O–H groups in total. The summed E-state index contributed by atoms with van der Waals surface area (Å²) in [5, 5.41) is 10.6. The van der Waals surface area contributed by atoms with Gasteiger partial charge in [-0.05, 0) is 61.7 Å². The van der Waals surface area contributed by atoms with Gasteiger partial charge in [0.15, 0.2) is 0 Å². The molecule has 0 aliphatic heterocycles. The van der Waals surface area contributed by atoms with E-state index >= 15 is 0 Å². The SMILES string of the molecule is Cc1cc(C)c2cc(CN(CCO)S(=O)(=O)c3cc(Cl)ccc3C)c(=O)[nH]c2c1. The van der Waals surface area contributed by atoms with E-state index in [1.165, 1.54) is 6.07 Å². The lowest BCUT2D eigenvalue weighted by atomic mass is 10.0. The van der Waals surface area contributed by atoms with E-state index in [4.69, 9.17) is 11.6 Å². The van der Waals surface area contributed by atoms with Crippen LogP contribution in [-0.4, -0.2) is 36.0 Å². The Morgan fingerprint density at radius 2 is 1.79 bits per heavy atom. The number of nitrogens with one attached hydrogen (secondary N) is 1. The first kappa shape index (κ1) is 21.5. The van der Waals surface area contributed by atoms with Gasteiger partial charge in [0.05, 0.1) is 11.5 Å². The van der Waals surface area contributed by atoms with Gasteiger partial charge in [-0.1, -0.05) is 23.7 Å². The Morgan fingerprint density at radius 3 is 2.48 bits per heavy atom. The number of aliphatic hydroxyl groups excluding tert-OH is 1. The number of nitrogens with zero attached hydrogens (tertiary/aromatic N) is 1. The number of benzene rings is 2. The van der Waals surface area contributed by atoms with E-state index in [1.807, 2.05) is 26.0 Å². The Balaban J connectivity index is 2.08. The summed E-state index contributed by atoms with van der Waals surface area (Å²) >= 11 is 6.00. The number of H-pyrrole nitrogens is 1. The number of aliphatic hydroxyl groups is 1. The largest absolute Gasteiger partial charge is 0.395 e. The van der Waals surface area contributed by atoms with Crippen LogP contribution in [0.4, 0.5) is 0 Å². The second-order valence-corrected chi connectivity index (χ2v) is 9.48. The summed E-state index contributed by atoms with van der Waals surface area (Å²) < 4.78 is 27.6. The number of rotatable bonds is 6. The Bertz CT molecular complexity index is 1240. The third-order valence-corrected chi connectivity index (χ3v) is 7.08. The maximum absolute atomic E-state index is 13.2. The molecule has 0 fully saturated rings. The molecule has 0 spiro atoms. The number of aromatic nitrogens is 1. The van der Waals surface area contributed by atoms with Gasteiger partial charge in [0.1, 0.15) is 0 Å². The summed E-state index contributed by atoms with van der Waals surface area (Å²) in [6.45, 7) is 4.89. The normalized spacial score (nSPS) is 12.1. The molecule has 1 heterocycles. The molecular formula is C21H23ClN2O4S. The molecule has 0 saturated carbocycles. The van der Waals surface area contributed by atoms with Crippen LogP contribution in [0.25, 0.3) is 10.9 Å². The molecule has 0 saturated heterocycles. The van der Waals surface area contributed by atoms with Gasteiger partial charge < -0.3 is 10.1 Å². The quantitative estimate of drug-likeness (QED) is 0.622. The standard InChI is InChI=1S/C21H23ClN2O4S/c1-13-8-15(3)18-10-16(21(26)23-19(18)9-13)12-24(6-7-25)29(27,28)20-11-17(22)5-4-14(20)2/h4-5,8-11,25H,6-7,12H2,1-3H3,(H,23,26). The lowest BCUT2D eigenvalue weighted by molar-refractivity contribution is 0.250. The molecule has 0 atom stereocenters. The number of pyridine rings is 1. The molecule has 3 aromatic rings. The third kappa shape index (κ3) is 4.38. The summed E-state index contributed by atoms with van der Waals surface area (Å²) in [7, 11) is -3.97. The topological polar surface area (TPSA) is 90.5 Å². The molecule has 0 unspecified atom stereocenters. The number of aromatic amines is 1. The van der Waals surface area contributed by atoms with Crippen LogP contribution in [0.3, 0.4) is 0 Å². The van der Waals surface area contributed by atoms with Crippen LogP contribution in [0.2, 0.25) is 5.02 Å². The van der Waals surface area contributed by atoms with Crippen molar-refractivity contribution >= 4 is 32.5 Å². The Kier molecular flexibility index (Phi) is 6.14. The lowest BCUT2D eigenvalue weighted by Gasteiger charge is -2.22. The van der Waals surface area contributed by atoms with Gasteiger partial charge in [-0.15, -0.1) is 0 Å². The summed E-state index contributed by atoms with van der Waals surface area (Å²) in [5.41, 5.74) is 3.21. The summed E-state index contributed by atoms with van der Waals surface area (Å²) in [6, 6.07) is 10.2. The van der Waals surface area contributed by atoms with Gasteiger partial charge in [-0.25, -0.2) is 8.42 Å². The van der Waals surface area contributed by atoms with Crippen LogP contribution in [-0.2, 0) is 16.6 Å². The highest BCUT2D eigenvalue weighted by Gasteiger charge is 2.27. The summed E-state index contributed by atoms with van der Waals surface area (Å²) in [6.07, 6.45) is 0. The van der Waals surface area contributed by atoms with Crippen molar-refractivity contribution in [2.45, 2.75) is 32.2 Å². The Morgan fingerprint density at radius 1 is 1.07 bits per heavy atom. The van der Waals surface area contributed by atoms with Crippen LogP contribution in [0.5, 0.6) is 0 Å². The van der Waals surface area contributed by atoms with Crippen molar-refractivity contribution in [1.82, 2.24) is 9.29 Å². The molecule has 2 aromatic carbocycles. The fourth-order valence-corrected chi connectivity index (χ4v) is 5.31. The van der Waals surface area contributed by atoms with E-state index in [0.29, 0.717) is 21.7 Å². The molecule has 6 nitrogen and oxygen atoms in total. The van der Waals surface area contributed by atoms with Gasteiger partial charge in [0.25, 0.3) is 5.56 Å². The van der Waals surface area contributed by atoms with Crippen molar-refractivity contribution < 1.29 is 13.5 Å². The average molecular weight is 435 g/mol. The van der Waals surface area contributed by atoms with Crippen LogP contribution < -0.4 is 5.56 Å². The van der Waals surface area contributed by atoms with Crippen molar-refractivity contribution in [1.29, 1.82) is 0 Å². The Hall–Kier alpha value is -2.19. The predicted octanol–water partition coefficient (Wildman–Crippen LogP) is 3.29. The Labute approximate surface area is 174 Å². The van der Waals surface area contributed by atoms with E-state index in [0.717, 1.165) is 20.8 Å². The van der Waals surface area contributed by atoms with Crippen molar-refractivity contribution in [2.75, 3.05) is 13.2 Å². The third-order valence-electron chi connectivity index (χ3n) is 4.85. The van der Waals surface area contributed by atoms with E-state index in [1.54, 1.807) is 25.1 Å². The molecule has 0 radical (unpaired) electrons. The monoisotopic (exact) mass is 434 g/mol. The number of hydrogen-bond donors (Lipinski definition) is 2. The first-order chi connectivity index (χ1) is 13.6. The van der Waals surface area contributed by atoms with Gasteiger partial charge >= 0.3 is 0 Å². The predicted molar refractivity (Wildman–Crippen MR) is 115 cm³/mol. The molecule has 0 amide bonds. The maximum Gasteiger partial charge on any atom is 0.252 e. The van der Waals surface area contributed by atoms with E-state index < -0.39 is 10.0 Å². The smallest absolute Gasteiger partial charge is 0.252 e. The number of hydrogen-bond acceptors (Lipinski definition) is 4. The molecule has 0 bridgehead atoms. The van der Waals surface area contributed by atoms with Crippen LogP contribution >= 0.6 is 11.6 Å². The minimum absolute atomic E-state index is 0.0578. The molecule has 29 heavy (non-hydrogen) atoms. The maximum atomic E-state index is 13.2. The van der Waals surface area contributed by atoms with Crippen LogP contribution in [0.15, 0.2) is 46.1 Å². The zero-order valence-electron chi connectivity index (χ0n) is 16.5. The number of aryl methyl sites for hydroxylation is 3. The van der Waals surface area contributed by atoms with E-state index in [9.17, 15) is 18.3 Å². The highest BCUT2D eigenvalue weighted by Crippen LogP contribution is 2.25.